The molecule has 1 N–H and O–H groups in total. The molecule has 1 aliphatic rings. The van der Waals surface area contributed by atoms with Crippen LogP contribution in [0.5, 0.6) is 11.5 Å². The van der Waals surface area contributed by atoms with Crippen molar-refractivity contribution >= 4 is 29.4 Å². The van der Waals surface area contributed by atoms with Crippen molar-refractivity contribution in [2.75, 3.05) is 25.1 Å². The lowest BCUT2D eigenvalue weighted by Gasteiger charge is -2.07. The van der Waals surface area contributed by atoms with Crippen molar-refractivity contribution in [3.8, 4) is 11.5 Å². The van der Waals surface area contributed by atoms with E-state index < -0.39 is 5.97 Å². The SMILES string of the molecule is CCCC(=O)Nc1ccc(C(=O)COC(=O)C=Cc2ccc3c(c2)OCCCO3)cc1. The molecule has 0 unspecified atom stereocenters. The molecular weight excluding hydrogens is 398 g/mol. The molecule has 0 atom stereocenters. The minimum absolute atomic E-state index is 0.0733. The van der Waals surface area contributed by atoms with E-state index in [1.807, 2.05) is 13.0 Å². The summed E-state index contributed by atoms with van der Waals surface area (Å²) in [5.74, 6) is 0.292. The predicted octanol–water partition coefficient (Wildman–Crippen LogP) is 4.03. The van der Waals surface area contributed by atoms with Crippen molar-refractivity contribution in [1.29, 1.82) is 0 Å². The number of esters is 1. The molecule has 7 nitrogen and oxygen atoms in total. The highest BCUT2D eigenvalue weighted by Gasteiger charge is 2.11. The van der Waals surface area contributed by atoms with Crippen molar-refractivity contribution in [3.05, 3.63) is 59.7 Å². The summed E-state index contributed by atoms with van der Waals surface area (Å²) in [5, 5.41) is 2.75. The standard InChI is InChI=1S/C24H25NO6/c1-2-4-23(27)25-19-9-7-18(8-10-19)20(26)16-31-24(28)12-6-17-5-11-21-22(15-17)30-14-3-13-29-21/h5-12,15H,2-4,13-14,16H2,1H3,(H,25,27). The number of amides is 1. The van der Waals surface area contributed by atoms with Gasteiger partial charge in [-0.1, -0.05) is 13.0 Å². The zero-order chi connectivity index (χ0) is 22.1. The van der Waals surface area contributed by atoms with Gasteiger partial charge in [-0.15, -0.1) is 0 Å². The molecule has 2 aromatic carbocycles. The summed E-state index contributed by atoms with van der Waals surface area (Å²) in [4.78, 5) is 35.8. The van der Waals surface area contributed by atoms with Crippen LogP contribution in [0.3, 0.4) is 0 Å². The van der Waals surface area contributed by atoms with Crippen molar-refractivity contribution in [2.24, 2.45) is 0 Å². The maximum atomic E-state index is 12.2. The summed E-state index contributed by atoms with van der Waals surface area (Å²) in [6.07, 6.45) is 4.87. The predicted molar refractivity (Wildman–Crippen MR) is 116 cm³/mol. The Bertz CT molecular complexity index is 965. The van der Waals surface area contributed by atoms with Crippen LogP contribution in [0, 0.1) is 0 Å². The van der Waals surface area contributed by atoms with Gasteiger partial charge in [-0.05, 0) is 54.5 Å². The zero-order valence-electron chi connectivity index (χ0n) is 17.4. The van der Waals surface area contributed by atoms with Gasteiger partial charge in [-0.3, -0.25) is 9.59 Å². The average Bonchev–Trinajstić information content (AvgIpc) is 3.01. The minimum atomic E-state index is -0.621. The van der Waals surface area contributed by atoms with Gasteiger partial charge in [0.2, 0.25) is 5.91 Å². The summed E-state index contributed by atoms with van der Waals surface area (Å²) in [6, 6.07) is 11.9. The van der Waals surface area contributed by atoms with Gasteiger partial charge in [-0.2, -0.15) is 0 Å². The van der Waals surface area contributed by atoms with E-state index in [1.165, 1.54) is 6.08 Å². The molecule has 3 rings (SSSR count). The van der Waals surface area contributed by atoms with Gasteiger partial charge in [0, 0.05) is 30.2 Å². The fraction of sp³-hybridized carbons (Fsp3) is 0.292. The van der Waals surface area contributed by atoms with E-state index in [1.54, 1.807) is 42.5 Å². The van der Waals surface area contributed by atoms with E-state index in [0.717, 1.165) is 18.4 Å². The number of hydrogen-bond donors (Lipinski definition) is 1. The largest absolute Gasteiger partial charge is 0.490 e. The van der Waals surface area contributed by atoms with Crippen LogP contribution in [0.2, 0.25) is 0 Å². The molecule has 0 saturated carbocycles. The van der Waals surface area contributed by atoms with Crippen LogP contribution < -0.4 is 14.8 Å². The molecule has 31 heavy (non-hydrogen) atoms. The summed E-state index contributed by atoms with van der Waals surface area (Å²) < 4.78 is 16.2. The molecule has 0 fully saturated rings. The number of ether oxygens (including phenoxy) is 3. The number of benzene rings is 2. The highest BCUT2D eigenvalue weighted by Crippen LogP contribution is 2.30. The first kappa shape index (κ1) is 22.1. The Hall–Kier alpha value is -3.61. The van der Waals surface area contributed by atoms with Gasteiger partial charge >= 0.3 is 5.97 Å². The van der Waals surface area contributed by atoms with Crippen molar-refractivity contribution in [2.45, 2.75) is 26.2 Å². The number of hydrogen-bond acceptors (Lipinski definition) is 6. The Labute approximate surface area is 181 Å². The molecular formula is C24H25NO6. The number of Topliss-reactive ketones (excluding diaryl/α,β-unsaturated/α-hetero) is 1. The molecule has 162 valence electrons. The van der Waals surface area contributed by atoms with Crippen LogP contribution in [-0.2, 0) is 14.3 Å². The van der Waals surface area contributed by atoms with Crippen LogP contribution >= 0.6 is 0 Å². The average molecular weight is 423 g/mol. The van der Waals surface area contributed by atoms with Gasteiger partial charge in [0.15, 0.2) is 23.9 Å². The van der Waals surface area contributed by atoms with Gasteiger partial charge in [0.25, 0.3) is 0 Å². The second-order valence-corrected chi connectivity index (χ2v) is 7.00. The molecule has 1 heterocycles. The first-order chi connectivity index (χ1) is 15.0. The Morgan fingerprint density at radius 3 is 2.52 bits per heavy atom. The molecule has 0 bridgehead atoms. The zero-order valence-corrected chi connectivity index (χ0v) is 17.4. The third-order valence-corrected chi connectivity index (χ3v) is 4.50. The van der Waals surface area contributed by atoms with Crippen LogP contribution in [0.4, 0.5) is 5.69 Å². The van der Waals surface area contributed by atoms with Crippen molar-refractivity contribution in [1.82, 2.24) is 0 Å². The fourth-order valence-corrected chi connectivity index (χ4v) is 2.91. The van der Waals surface area contributed by atoms with Crippen LogP contribution in [-0.4, -0.2) is 37.5 Å². The van der Waals surface area contributed by atoms with Gasteiger partial charge in [0.05, 0.1) is 13.2 Å². The molecule has 1 amide bonds. The summed E-state index contributed by atoms with van der Waals surface area (Å²) >= 11 is 0. The van der Waals surface area contributed by atoms with Crippen LogP contribution in [0.1, 0.15) is 42.1 Å². The quantitative estimate of drug-likeness (QED) is 0.392. The molecule has 2 aromatic rings. The van der Waals surface area contributed by atoms with Crippen molar-refractivity contribution < 1.29 is 28.6 Å². The van der Waals surface area contributed by atoms with Crippen molar-refractivity contribution in [3.63, 3.8) is 0 Å². The number of anilines is 1. The molecule has 0 radical (unpaired) electrons. The number of ketones is 1. The lowest BCUT2D eigenvalue weighted by molar-refractivity contribution is -0.136. The Morgan fingerprint density at radius 1 is 1.03 bits per heavy atom. The molecule has 0 aliphatic carbocycles. The number of fused-ring (bicyclic) bond motifs is 1. The molecule has 0 aromatic heterocycles. The maximum Gasteiger partial charge on any atom is 0.331 e. The summed E-state index contributed by atoms with van der Waals surface area (Å²) in [5.41, 5.74) is 1.77. The first-order valence-corrected chi connectivity index (χ1v) is 10.2. The highest BCUT2D eigenvalue weighted by molar-refractivity contribution is 5.99. The lowest BCUT2D eigenvalue weighted by atomic mass is 10.1. The van der Waals surface area contributed by atoms with Crippen LogP contribution in [0.15, 0.2) is 48.5 Å². The maximum absolute atomic E-state index is 12.2. The monoisotopic (exact) mass is 423 g/mol. The molecule has 7 heteroatoms. The van der Waals surface area contributed by atoms with Gasteiger partial charge < -0.3 is 19.5 Å². The summed E-state index contributed by atoms with van der Waals surface area (Å²) in [7, 11) is 0. The Morgan fingerprint density at radius 2 is 1.77 bits per heavy atom. The number of carbonyl (C=O) groups excluding carboxylic acids is 3. The lowest BCUT2D eigenvalue weighted by Crippen LogP contribution is -2.13. The van der Waals surface area contributed by atoms with Gasteiger partial charge in [-0.25, -0.2) is 4.79 Å². The topological polar surface area (TPSA) is 90.9 Å². The van der Waals surface area contributed by atoms with E-state index in [9.17, 15) is 14.4 Å². The normalized spacial score (nSPS) is 12.8. The fourth-order valence-electron chi connectivity index (χ4n) is 2.91. The third kappa shape index (κ3) is 6.70. The summed E-state index contributed by atoms with van der Waals surface area (Å²) in [6.45, 7) is 2.75. The second-order valence-electron chi connectivity index (χ2n) is 7.00. The van der Waals surface area contributed by atoms with E-state index >= 15 is 0 Å². The molecule has 1 aliphatic heterocycles. The molecule has 0 saturated heterocycles. The van der Waals surface area contributed by atoms with Gasteiger partial charge in [0.1, 0.15) is 0 Å². The van der Waals surface area contributed by atoms with E-state index in [4.69, 9.17) is 14.2 Å². The van der Waals surface area contributed by atoms with E-state index in [2.05, 4.69) is 5.32 Å². The second kappa shape index (κ2) is 11.0. The third-order valence-electron chi connectivity index (χ3n) is 4.50. The Balaban J connectivity index is 1.49. The smallest absolute Gasteiger partial charge is 0.331 e. The Kier molecular flexibility index (Phi) is 7.81. The minimum Gasteiger partial charge on any atom is -0.490 e. The first-order valence-electron chi connectivity index (χ1n) is 10.2. The number of rotatable bonds is 8. The highest BCUT2D eigenvalue weighted by atomic mass is 16.5. The van der Waals surface area contributed by atoms with E-state index in [-0.39, 0.29) is 18.3 Å². The number of carbonyl (C=O) groups is 3. The molecule has 0 spiro atoms. The number of nitrogens with one attached hydrogen (secondary N) is 1. The van der Waals surface area contributed by atoms with Crippen LogP contribution in [0.25, 0.3) is 6.08 Å². The van der Waals surface area contributed by atoms with E-state index in [0.29, 0.717) is 42.4 Å².